The van der Waals surface area contributed by atoms with E-state index < -0.39 is 0 Å². The summed E-state index contributed by atoms with van der Waals surface area (Å²) in [6.45, 7) is 5.76. The van der Waals surface area contributed by atoms with E-state index in [-0.39, 0.29) is 11.8 Å². The van der Waals surface area contributed by atoms with E-state index in [0.717, 1.165) is 29.0 Å². The molecule has 5 heteroatoms. The second-order valence-electron chi connectivity index (χ2n) is 6.09. The van der Waals surface area contributed by atoms with Gasteiger partial charge in [-0.25, -0.2) is 0 Å². The van der Waals surface area contributed by atoms with Crippen molar-refractivity contribution in [2.75, 3.05) is 29.9 Å². The van der Waals surface area contributed by atoms with E-state index >= 15 is 0 Å². The predicted molar refractivity (Wildman–Crippen MR) is 95.5 cm³/mol. The Morgan fingerprint density at radius 1 is 1.12 bits per heavy atom. The number of rotatable bonds is 3. The third-order valence-electron chi connectivity index (χ3n) is 4.16. The van der Waals surface area contributed by atoms with Crippen LogP contribution in [0, 0.1) is 13.8 Å². The van der Waals surface area contributed by atoms with Gasteiger partial charge in [-0.1, -0.05) is 17.7 Å². The lowest BCUT2D eigenvalue weighted by molar-refractivity contribution is -0.120. The normalized spacial score (nSPS) is 14.2. The fraction of sp³-hybridized carbons (Fsp3) is 0.263. The molecule has 1 heterocycles. The van der Waals surface area contributed by atoms with Gasteiger partial charge in [0.1, 0.15) is 0 Å². The zero-order chi connectivity index (χ0) is 17.1. The number of anilines is 2. The Morgan fingerprint density at radius 2 is 1.88 bits per heavy atom. The molecule has 124 valence electrons. The standard InChI is InChI=1S/C19H21N3O2/c1-13-3-8-17(14(2)11-13)19(24)21-15-4-6-16(7-5-15)22-10-9-20-18(23)12-22/h3-8,11H,9-10,12H2,1-2H3,(H,20,23)(H,21,24). The van der Waals surface area contributed by atoms with Gasteiger partial charge in [0.15, 0.2) is 0 Å². The summed E-state index contributed by atoms with van der Waals surface area (Å²) in [4.78, 5) is 25.9. The van der Waals surface area contributed by atoms with E-state index in [9.17, 15) is 9.59 Å². The van der Waals surface area contributed by atoms with E-state index in [2.05, 4.69) is 10.6 Å². The van der Waals surface area contributed by atoms with Crippen molar-refractivity contribution in [3.05, 3.63) is 59.2 Å². The maximum absolute atomic E-state index is 12.4. The van der Waals surface area contributed by atoms with Crippen LogP contribution in [0.3, 0.4) is 0 Å². The molecule has 0 radical (unpaired) electrons. The highest BCUT2D eigenvalue weighted by atomic mass is 16.2. The summed E-state index contributed by atoms with van der Waals surface area (Å²) in [6.07, 6.45) is 0. The highest BCUT2D eigenvalue weighted by Crippen LogP contribution is 2.20. The lowest BCUT2D eigenvalue weighted by Crippen LogP contribution is -2.47. The first-order chi connectivity index (χ1) is 11.5. The first kappa shape index (κ1) is 16.1. The molecule has 2 aromatic carbocycles. The number of hydrogen-bond donors (Lipinski definition) is 2. The summed E-state index contributed by atoms with van der Waals surface area (Å²) < 4.78 is 0. The Labute approximate surface area is 141 Å². The van der Waals surface area contributed by atoms with Gasteiger partial charge >= 0.3 is 0 Å². The second-order valence-corrected chi connectivity index (χ2v) is 6.09. The molecule has 24 heavy (non-hydrogen) atoms. The van der Waals surface area contributed by atoms with Crippen molar-refractivity contribution in [2.45, 2.75) is 13.8 Å². The molecule has 0 bridgehead atoms. The highest BCUT2D eigenvalue weighted by Gasteiger charge is 2.16. The monoisotopic (exact) mass is 323 g/mol. The van der Waals surface area contributed by atoms with Gasteiger partial charge in [-0.15, -0.1) is 0 Å². The van der Waals surface area contributed by atoms with E-state index in [1.165, 1.54) is 0 Å². The van der Waals surface area contributed by atoms with Gasteiger partial charge in [0, 0.05) is 30.0 Å². The molecule has 1 fully saturated rings. The molecule has 2 N–H and O–H groups in total. The number of nitrogens with one attached hydrogen (secondary N) is 2. The van der Waals surface area contributed by atoms with Crippen molar-refractivity contribution in [3.63, 3.8) is 0 Å². The Balaban J connectivity index is 1.69. The summed E-state index contributed by atoms with van der Waals surface area (Å²) in [5.74, 6) is -0.0777. The van der Waals surface area contributed by atoms with Crippen molar-refractivity contribution in [1.29, 1.82) is 0 Å². The summed E-state index contributed by atoms with van der Waals surface area (Å²) in [7, 11) is 0. The number of amides is 2. The maximum Gasteiger partial charge on any atom is 0.255 e. The molecular weight excluding hydrogens is 302 g/mol. The smallest absolute Gasteiger partial charge is 0.255 e. The number of hydrogen-bond acceptors (Lipinski definition) is 3. The summed E-state index contributed by atoms with van der Waals surface area (Å²) >= 11 is 0. The van der Waals surface area contributed by atoms with Crippen molar-refractivity contribution in [1.82, 2.24) is 5.32 Å². The predicted octanol–water partition coefficient (Wildman–Crippen LogP) is 2.49. The summed E-state index contributed by atoms with van der Waals surface area (Å²) in [6, 6.07) is 13.4. The zero-order valence-corrected chi connectivity index (χ0v) is 13.9. The molecule has 0 saturated carbocycles. The number of piperazine rings is 1. The Hall–Kier alpha value is -2.82. The lowest BCUT2D eigenvalue weighted by Gasteiger charge is -2.28. The Bertz CT molecular complexity index is 769. The first-order valence-corrected chi connectivity index (χ1v) is 8.03. The fourth-order valence-electron chi connectivity index (χ4n) is 2.88. The van der Waals surface area contributed by atoms with Crippen LogP contribution in [0.1, 0.15) is 21.5 Å². The molecule has 1 saturated heterocycles. The molecule has 0 atom stereocenters. The minimum Gasteiger partial charge on any atom is -0.360 e. The Morgan fingerprint density at radius 3 is 2.54 bits per heavy atom. The molecule has 1 aliphatic rings. The van der Waals surface area contributed by atoms with Gasteiger partial charge in [0.05, 0.1) is 6.54 Å². The van der Waals surface area contributed by atoms with Crippen LogP contribution >= 0.6 is 0 Å². The van der Waals surface area contributed by atoms with Gasteiger partial charge in [0.2, 0.25) is 5.91 Å². The van der Waals surface area contributed by atoms with Crippen LogP contribution in [0.2, 0.25) is 0 Å². The van der Waals surface area contributed by atoms with Crippen molar-refractivity contribution in [2.24, 2.45) is 0 Å². The van der Waals surface area contributed by atoms with Gasteiger partial charge in [0.25, 0.3) is 5.91 Å². The van der Waals surface area contributed by atoms with Crippen LogP contribution in [0.25, 0.3) is 0 Å². The largest absolute Gasteiger partial charge is 0.360 e. The Kier molecular flexibility index (Phi) is 4.51. The van der Waals surface area contributed by atoms with Gasteiger partial charge in [-0.2, -0.15) is 0 Å². The molecule has 2 aromatic rings. The zero-order valence-electron chi connectivity index (χ0n) is 13.9. The minimum absolute atomic E-state index is 0.0356. The topological polar surface area (TPSA) is 61.4 Å². The third-order valence-corrected chi connectivity index (χ3v) is 4.16. The molecule has 3 rings (SSSR count). The number of carbonyl (C=O) groups excluding carboxylic acids is 2. The van der Waals surface area contributed by atoms with E-state index in [0.29, 0.717) is 18.7 Å². The average molecular weight is 323 g/mol. The van der Waals surface area contributed by atoms with Crippen LogP contribution < -0.4 is 15.5 Å². The van der Waals surface area contributed by atoms with Gasteiger partial charge in [-0.3, -0.25) is 9.59 Å². The number of nitrogens with zero attached hydrogens (tertiary/aromatic N) is 1. The fourth-order valence-corrected chi connectivity index (χ4v) is 2.88. The molecule has 0 spiro atoms. The van der Waals surface area contributed by atoms with Gasteiger partial charge < -0.3 is 15.5 Å². The minimum atomic E-state index is -0.113. The second kappa shape index (κ2) is 6.74. The average Bonchev–Trinajstić information content (AvgIpc) is 2.55. The summed E-state index contributed by atoms with van der Waals surface area (Å²) in [5, 5.41) is 5.73. The molecule has 0 unspecified atom stereocenters. The molecular formula is C19H21N3O2. The number of benzene rings is 2. The lowest BCUT2D eigenvalue weighted by atomic mass is 10.1. The van der Waals surface area contributed by atoms with Crippen LogP contribution in [0.5, 0.6) is 0 Å². The van der Waals surface area contributed by atoms with Crippen molar-refractivity contribution >= 4 is 23.2 Å². The van der Waals surface area contributed by atoms with E-state index in [1.54, 1.807) is 0 Å². The molecule has 0 aliphatic carbocycles. The number of aryl methyl sites for hydroxylation is 2. The van der Waals surface area contributed by atoms with Gasteiger partial charge in [-0.05, 0) is 49.7 Å². The maximum atomic E-state index is 12.4. The number of carbonyl (C=O) groups is 2. The quantitative estimate of drug-likeness (QED) is 0.912. The SMILES string of the molecule is Cc1ccc(C(=O)Nc2ccc(N3CCNC(=O)C3)cc2)c(C)c1. The molecule has 0 aromatic heterocycles. The highest BCUT2D eigenvalue weighted by molar-refractivity contribution is 6.05. The molecule has 2 amide bonds. The van der Waals surface area contributed by atoms with Crippen molar-refractivity contribution < 1.29 is 9.59 Å². The molecule has 1 aliphatic heterocycles. The van der Waals surface area contributed by atoms with Crippen LogP contribution in [0.15, 0.2) is 42.5 Å². The van der Waals surface area contributed by atoms with Crippen molar-refractivity contribution in [3.8, 4) is 0 Å². The van der Waals surface area contributed by atoms with E-state index in [1.807, 2.05) is 61.2 Å². The van der Waals surface area contributed by atoms with Crippen LogP contribution in [-0.2, 0) is 4.79 Å². The first-order valence-electron chi connectivity index (χ1n) is 8.03. The van der Waals surface area contributed by atoms with Crippen LogP contribution in [0.4, 0.5) is 11.4 Å². The van der Waals surface area contributed by atoms with E-state index in [4.69, 9.17) is 0 Å². The third kappa shape index (κ3) is 3.56. The summed E-state index contributed by atoms with van der Waals surface area (Å²) in [5.41, 5.74) is 4.50. The van der Waals surface area contributed by atoms with Crippen LogP contribution in [-0.4, -0.2) is 31.4 Å². The molecule has 5 nitrogen and oxygen atoms in total.